The van der Waals surface area contributed by atoms with E-state index in [-0.39, 0.29) is 6.42 Å². The van der Waals surface area contributed by atoms with Crippen molar-refractivity contribution >= 4 is 12.4 Å². The van der Waals surface area contributed by atoms with Crippen LogP contribution in [0.25, 0.3) is 0 Å². The van der Waals surface area contributed by atoms with Gasteiger partial charge in [0, 0.05) is 0 Å². The van der Waals surface area contributed by atoms with Crippen LogP contribution >= 0.6 is 0 Å². The van der Waals surface area contributed by atoms with E-state index in [2.05, 4.69) is 11.7 Å². The van der Waals surface area contributed by atoms with Gasteiger partial charge in [-0.3, -0.25) is 4.79 Å². The molecule has 9 heavy (non-hydrogen) atoms. The predicted octanol–water partition coefficient (Wildman–Crippen LogP) is 0.345. The van der Waals surface area contributed by atoms with Crippen LogP contribution < -0.4 is 0 Å². The van der Waals surface area contributed by atoms with E-state index >= 15 is 0 Å². The largest absolute Gasteiger partial charge is 0.550 e. The topological polar surface area (TPSA) is 63.3 Å². The van der Waals surface area contributed by atoms with Gasteiger partial charge in [-0.25, -0.2) is 0 Å². The fourth-order valence-corrected chi connectivity index (χ4v) is 0.278. The third-order valence-electron chi connectivity index (χ3n) is 0.684. The number of hydrogen-bond acceptors (Lipinski definition) is 3. The predicted molar refractivity (Wildman–Crippen MR) is 27.0 cm³/mol. The average Bonchev–Trinajstić information content (AvgIpc) is 1.82. The zero-order valence-corrected chi connectivity index (χ0v) is 4.70. The Morgan fingerprint density at radius 2 is 2.33 bits per heavy atom. The summed E-state index contributed by atoms with van der Waals surface area (Å²) in [5.41, 5.74) is 0. The standard InChI is InChI=1S/C5H6O4/c1-2-4(3-6)9-5(7)8/h3-4H,1-2H2. The molecule has 0 spiro atoms. The highest BCUT2D eigenvalue weighted by Gasteiger charge is 2.09. The molecule has 4 heteroatoms. The lowest BCUT2D eigenvalue weighted by atomic mass is 10.3. The maximum atomic E-state index is 9.82. The normalized spacial score (nSPS) is 12.1. The quantitative estimate of drug-likeness (QED) is 0.409. The first-order valence-electron chi connectivity index (χ1n) is 2.33. The fraction of sp³-hybridized carbons (Fsp3) is 0.400. The molecule has 1 atom stereocenters. The van der Waals surface area contributed by atoms with Crippen LogP contribution in [0.1, 0.15) is 6.42 Å². The van der Waals surface area contributed by atoms with Crippen LogP contribution in [0.15, 0.2) is 0 Å². The van der Waals surface area contributed by atoms with Crippen molar-refractivity contribution in [2.75, 3.05) is 0 Å². The lowest BCUT2D eigenvalue weighted by Crippen LogP contribution is -2.16. The molecule has 0 N–H and O–H groups in total. The van der Waals surface area contributed by atoms with Gasteiger partial charge in [0.05, 0.1) is 0 Å². The van der Waals surface area contributed by atoms with Crippen molar-refractivity contribution in [1.82, 2.24) is 0 Å². The number of carbonyl (C=O) groups excluding carboxylic acids is 2. The summed E-state index contributed by atoms with van der Waals surface area (Å²) in [5, 5.41) is 9.61. The summed E-state index contributed by atoms with van der Waals surface area (Å²) < 4.78 is 3.92. The Morgan fingerprint density at radius 1 is 1.78 bits per heavy atom. The summed E-state index contributed by atoms with van der Waals surface area (Å²) in [6.45, 7) is 3.26. The average molecular weight is 130 g/mol. The maximum absolute atomic E-state index is 9.82. The van der Waals surface area contributed by atoms with E-state index < -0.39 is 12.3 Å². The summed E-state index contributed by atoms with van der Waals surface area (Å²) in [4.78, 5) is 19.4. The third-order valence-corrected chi connectivity index (χ3v) is 0.684. The van der Waals surface area contributed by atoms with Gasteiger partial charge in [0.2, 0.25) is 0 Å². The molecule has 0 saturated carbocycles. The highest BCUT2D eigenvalue weighted by molar-refractivity contribution is 5.64. The molecule has 0 aliphatic rings. The molecule has 0 bridgehead atoms. The van der Waals surface area contributed by atoms with Gasteiger partial charge >= 0.3 is 6.16 Å². The van der Waals surface area contributed by atoms with Gasteiger partial charge in [-0.1, -0.05) is 0 Å². The maximum Gasteiger partial charge on any atom is 0.550 e. The Kier molecular flexibility index (Phi) is 3.43. The number of rotatable bonds is 3. The molecule has 0 aromatic carbocycles. The van der Waals surface area contributed by atoms with Crippen molar-refractivity contribution in [2.45, 2.75) is 12.5 Å². The number of aldehydes is 1. The van der Waals surface area contributed by atoms with Crippen LogP contribution in [0.4, 0.5) is 4.79 Å². The first-order valence-corrected chi connectivity index (χ1v) is 2.33. The first-order chi connectivity index (χ1) is 4.20. The molecule has 0 amide bonds. The Balaban J connectivity index is 3.55. The van der Waals surface area contributed by atoms with Crippen molar-refractivity contribution in [3.05, 3.63) is 6.92 Å². The van der Waals surface area contributed by atoms with Gasteiger partial charge in [0.25, 0.3) is 0 Å². The molecule has 4 nitrogen and oxygen atoms in total. The molecule has 0 saturated heterocycles. The molecule has 0 aliphatic heterocycles. The monoisotopic (exact) mass is 130 g/mol. The van der Waals surface area contributed by atoms with Crippen LogP contribution in [0.3, 0.4) is 0 Å². The van der Waals surface area contributed by atoms with Crippen molar-refractivity contribution < 1.29 is 19.4 Å². The fourth-order valence-electron chi connectivity index (χ4n) is 0.278. The second kappa shape index (κ2) is 3.88. The Bertz CT molecular complexity index is 110. The molecule has 0 rings (SSSR count). The summed E-state index contributed by atoms with van der Waals surface area (Å²) >= 11 is 0. The van der Waals surface area contributed by atoms with Crippen molar-refractivity contribution in [1.29, 1.82) is 0 Å². The Hall–Kier alpha value is -1.06. The lowest BCUT2D eigenvalue weighted by Gasteiger charge is -2.02. The summed E-state index contributed by atoms with van der Waals surface area (Å²) in [6.07, 6.45) is -2.22. The van der Waals surface area contributed by atoms with Crippen LogP contribution in [0, 0.1) is 6.92 Å². The van der Waals surface area contributed by atoms with Gasteiger partial charge in [0.1, 0.15) is 0 Å². The molecule has 1 unspecified atom stereocenters. The van der Waals surface area contributed by atoms with Crippen molar-refractivity contribution in [3.8, 4) is 0 Å². The van der Waals surface area contributed by atoms with E-state index in [1.54, 1.807) is 0 Å². The van der Waals surface area contributed by atoms with Gasteiger partial charge in [-0.15, -0.1) is 0 Å². The van der Waals surface area contributed by atoms with Crippen LogP contribution in [-0.2, 0) is 14.6 Å². The molecular weight excluding hydrogens is 124 g/mol. The smallest absolute Gasteiger partial charge is 0.421 e. The number of hydrogen-bond donors (Lipinski definition) is 0. The Morgan fingerprint density at radius 3 is 2.44 bits per heavy atom. The van der Waals surface area contributed by atoms with Gasteiger partial charge < -0.3 is 4.74 Å². The highest BCUT2D eigenvalue weighted by atomic mass is 16.7. The van der Waals surface area contributed by atoms with E-state index in [0.717, 1.165) is 0 Å². The lowest BCUT2D eigenvalue weighted by molar-refractivity contribution is -0.116. The van der Waals surface area contributed by atoms with E-state index in [1.165, 1.54) is 0 Å². The Labute approximate surface area is 52.4 Å². The van der Waals surface area contributed by atoms with Crippen LogP contribution in [0.2, 0.25) is 0 Å². The summed E-state index contributed by atoms with van der Waals surface area (Å²) in [7, 11) is 0. The van der Waals surface area contributed by atoms with E-state index in [9.17, 15) is 14.7 Å². The summed E-state index contributed by atoms with van der Waals surface area (Å²) in [5.74, 6) is 0. The molecule has 0 heterocycles. The minimum Gasteiger partial charge on any atom is -0.421 e. The van der Waals surface area contributed by atoms with Gasteiger partial charge in [0.15, 0.2) is 12.4 Å². The van der Waals surface area contributed by atoms with Crippen LogP contribution in [-0.4, -0.2) is 18.5 Å². The zero-order valence-electron chi connectivity index (χ0n) is 4.70. The highest BCUT2D eigenvalue weighted by Crippen LogP contribution is 1.92. The SMILES string of the molecule is [CH2]CC(C=O)OC([O])=O. The molecule has 0 aromatic heterocycles. The summed E-state index contributed by atoms with van der Waals surface area (Å²) in [6, 6.07) is 0. The first kappa shape index (κ1) is 7.94. The molecule has 0 aliphatic carbocycles. The van der Waals surface area contributed by atoms with E-state index in [0.29, 0.717) is 6.29 Å². The molecule has 50 valence electrons. The molecule has 2 radical (unpaired) electrons. The number of carbonyl (C=O) groups is 2. The zero-order chi connectivity index (χ0) is 7.28. The minimum atomic E-state index is -1.70. The second-order valence-corrected chi connectivity index (χ2v) is 1.33. The molecule has 0 aromatic rings. The third kappa shape index (κ3) is 3.52. The minimum absolute atomic E-state index is 0.0947. The van der Waals surface area contributed by atoms with Crippen molar-refractivity contribution in [3.63, 3.8) is 0 Å². The second-order valence-electron chi connectivity index (χ2n) is 1.33. The molecule has 0 fully saturated rings. The van der Waals surface area contributed by atoms with Crippen molar-refractivity contribution in [2.24, 2.45) is 0 Å². The van der Waals surface area contributed by atoms with E-state index in [4.69, 9.17) is 0 Å². The number of ether oxygens (including phenoxy) is 1. The molecular formula is C5H6O4. The van der Waals surface area contributed by atoms with Crippen LogP contribution in [0.5, 0.6) is 0 Å². The van der Waals surface area contributed by atoms with E-state index in [1.807, 2.05) is 0 Å². The van der Waals surface area contributed by atoms with Gasteiger partial charge in [-0.2, -0.15) is 9.90 Å². The van der Waals surface area contributed by atoms with Gasteiger partial charge in [-0.05, 0) is 13.3 Å².